The molecule has 0 spiro atoms. The second-order valence-corrected chi connectivity index (χ2v) is 5.59. The van der Waals surface area contributed by atoms with E-state index < -0.39 is 0 Å². The van der Waals surface area contributed by atoms with Gasteiger partial charge < -0.3 is 9.64 Å². The fourth-order valence-electron chi connectivity index (χ4n) is 2.45. The molecule has 1 amide bonds. The van der Waals surface area contributed by atoms with Gasteiger partial charge in [-0.3, -0.25) is 14.4 Å². The van der Waals surface area contributed by atoms with Gasteiger partial charge in [0.05, 0.1) is 18.2 Å². The van der Waals surface area contributed by atoms with Gasteiger partial charge in [0.2, 0.25) is 5.91 Å². The van der Waals surface area contributed by atoms with Crippen LogP contribution in [0, 0.1) is 6.92 Å². The van der Waals surface area contributed by atoms with Crippen LogP contribution in [0.5, 0.6) is 0 Å². The van der Waals surface area contributed by atoms with Crippen LogP contribution in [0.25, 0.3) is 10.8 Å². The molecule has 1 heterocycles. The van der Waals surface area contributed by atoms with Crippen molar-refractivity contribution in [3.05, 3.63) is 40.3 Å². The molecule has 0 unspecified atom stereocenters. The minimum Gasteiger partial charge on any atom is -0.469 e. The minimum absolute atomic E-state index is 0.126. The van der Waals surface area contributed by atoms with E-state index in [9.17, 15) is 14.4 Å². The van der Waals surface area contributed by atoms with Crippen LogP contribution in [0.3, 0.4) is 0 Å². The first-order chi connectivity index (χ1) is 11.4. The number of esters is 1. The number of aromatic nitrogens is 2. The van der Waals surface area contributed by atoms with Crippen molar-refractivity contribution in [1.29, 1.82) is 0 Å². The van der Waals surface area contributed by atoms with E-state index >= 15 is 0 Å². The van der Waals surface area contributed by atoms with Crippen molar-refractivity contribution in [2.45, 2.75) is 26.3 Å². The summed E-state index contributed by atoms with van der Waals surface area (Å²) in [5, 5.41) is 5.56. The number of aryl methyl sites for hydroxylation is 1. The summed E-state index contributed by atoms with van der Waals surface area (Å²) >= 11 is 0. The summed E-state index contributed by atoms with van der Waals surface area (Å²) in [6.45, 7) is 2.09. The third kappa shape index (κ3) is 3.98. The monoisotopic (exact) mass is 331 g/mol. The Balaban J connectivity index is 2.09. The van der Waals surface area contributed by atoms with Crippen LogP contribution in [-0.2, 0) is 20.9 Å². The summed E-state index contributed by atoms with van der Waals surface area (Å²) in [5.74, 6) is -0.539. The number of fused-ring (bicyclic) bond motifs is 1. The molecule has 0 aliphatic carbocycles. The Bertz CT molecular complexity index is 813. The zero-order chi connectivity index (χ0) is 17.7. The fraction of sp³-hybridized carbons (Fsp3) is 0.412. The molecule has 0 bridgehead atoms. The molecule has 0 fully saturated rings. The zero-order valence-corrected chi connectivity index (χ0v) is 14.1. The summed E-state index contributed by atoms with van der Waals surface area (Å²) in [6.07, 6.45) is 0.759. The molecule has 1 aromatic heterocycles. The molecule has 0 radical (unpaired) electrons. The highest BCUT2D eigenvalue weighted by Crippen LogP contribution is 2.11. The van der Waals surface area contributed by atoms with Gasteiger partial charge in [0, 0.05) is 25.4 Å². The highest BCUT2D eigenvalue weighted by Gasteiger charge is 2.14. The lowest BCUT2D eigenvalue weighted by atomic mass is 10.1. The van der Waals surface area contributed by atoms with Gasteiger partial charge in [0.15, 0.2) is 0 Å². The van der Waals surface area contributed by atoms with Crippen LogP contribution in [-0.4, -0.2) is 47.3 Å². The van der Waals surface area contributed by atoms with Gasteiger partial charge >= 0.3 is 5.97 Å². The van der Waals surface area contributed by atoms with Crippen molar-refractivity contribution >= 4 is 22.6 Å². The Morgan fingerprint density at radius 1 is 1.25 bits per heavy atom. The number of rotatable bonds is 6. The standard InChI is InChI=1S/C17H21N3O4/c1-12-13-7-4-5-8-14(13)17(23)20(18-12)11-15(21)19(2)10-6-9-16(22)24-3/h4-5,7-8H,6,9-11H2,1-3H3. The molecule has 1 aromatic carbocycles. The summed E-state index contributed by atoms with van der Waals surface area (Å²) in [5.41, 5.74) is 0.416. The van der Waals surface area contributed by atoms with Crippen molar-refractivity contribution < 1.29 is 14.3 Å². The SMILES string of the molecule is COC(=O)CCCN(C)C(=O)Cn1nc(C)c2ccccc2c1=O. The van der Waals surface area contributed by atoms with E-state index in [0.29, 0.717) is 24.0 Å². The highest BCUT2D eigenvalue weighted by atomic mass is 16.5. The van der Waals surface area contributed by atoms with Crippen LogP contribution in [0.15, 0.2) is 29.1 Å². The lowest BCUT2D eigenvalue weighted by Crippen LogP contribution is -2.36. The van der Waals surface area contributed by atoms with Gasteiger partial charge in [-0.15, -0.1) is 0 Å². The van der Waals surface area contributed by atoms with E-state index in [1.165, 1.54) is 16.7 Å². The minimum atomic E-state index is -0.307. The maximum atomic E-state index is 12.4. The second-order valence-electron chi connectivity index (χ2n) is 5.59. The van der Waals surface area contributed by atoms with Crippen molar-refractivity contribution in [3.63, 3.8) is 0 Å². The number of amides is 1. The van der Waals surface area contributed by atoms with E-state index in [1.54, 1.807) is 19.2 Å². The molecule has 0 saturated carbocycles. The Hall–Kier alpha value is -2.70. The summed E-state index contributed by atoms with van der Waals surface area (Å²) in [4.78, 5) is 37.3. The van der Waals surface area contributed by atoms with Gasteiger partial charge in [-0.05, 0) is 19.4 Å². The van der Waals surface area contributed by atoms with Gasteiger partial charge in [0.25, 0.3) is 5.56 Å². The first kappa shape index (κ1) is 17.7. The van der Waals surface area contributed by atoms with Crippen molar-refractivity contribution in [2.75, 3.05) is 20.7 Å². The normalized spacial score (nSPS) is 10.6. The maximum Gasteiger partial charge on any atom is 0.305 e. The summed E-state index contributed by atoms with van der Waals surface area (Å²) in [7, 11) is 2.97. The Morgan fingerprint density at radius 2 is 1.92 bits per heavy atom. The number of ether oxygens (including phenoxy) is 1. The Kier molecular flexibility index (Phi) is 5.68. The molecule has 2 aromatic rings. The van der Waals surface area contributed by atoms with E-state index in [4.69, 9.17) is 0 Å². The van der Waals surface area contributed by atoms with E-state index in [-0.39, 0.29) is 30.4 Å². The van der Waals surface area contributed by atoms with Gasteiger partial charge in [-0.1, -0.05) is 18.2 Å². The first-order valence-electron chi connectivity index (χ1n) is 7.71. The quantitative estimate of drug-likeness (QED) is 0.741. The second kappa shape index (κ2) is 7.72. The largest absolute Gasteiger partial charge is 0.469 e. The molecule has 0 N–H and O–H groups in total. The number of likely N-dealkylation sites (N-methyl/N-ethyl adjacent to an activating group) is 1. The number of carbonyl (C=O) groups excluding carboxylic acids is 2. The Morgan fingerprint density at radius 3 is 2.58 bits per heavy atom. The summed E-state index contributed by atoms with van der Waals surface area (Å²) < 4.78 is 5.75. The van der Waals surface area contributed by atoms with Crippen molar-refractivity contribution in [3.8, 4) is 0 Å². The van der Waals surface area contributed by atoms with Gasteiger partial charge in [-0.25, -0.2) is 4.68 Å². The van der Waals surface area contributed by atoms with Crippen LogP contribution in [0.1, 0.15) is 18.5 Å². The average molecular weight is 331 g/mol. The number of methoxy groups -OCH3 is 1. The molecule has 0 aliphatic rings. The molecular formula is C17H21N3O4. The number of hydrogen-bond acceptors (Lipinski definition) is 5. The van der Waals surface area contributed by atoms with Crippen LogP contribution < -0.4 is 5.56 Å². The van der Waals surface area contributed by atoms with E-state index in [2.05, 4.69) is 9.84 Å². The topological polar surface area (TPSA) is 81.5 Å². The number of hydrogen-bond donors (Lipinski definition) is 0. The predicted octanol–water partition coefficient (Wildman–Crippen LogP) is 1.12. The Labute approximate surface area is 139 Å². The molecule has 2 rings (SSSR count). The third-order valence-corrected chi connectivity index (χ3v) is 3.87. The smallest absolute Gasteiger partial charge is 0.305 e. The summed E-state index contributed by atoms with van der Waals surface area (Å²) in [6, 6.07) is 7.20. The fourth-order valence-corrected chi connectivity index (χ4v) is 2.45. The average Bonchev–Trinajstić information content (AvgIpc) is 2.59. The molecule has 24 heavy (non-hydrogen) atoms. The van der Waals surface area contributed by atoms with Crippen molar-refractivity contribution in [2.24, 2.45) is 0 Å². The van der Waals surface area contributed by atoms with E-state index in [1.807, 2.05) is 19.1 Å². The predicted molar refractivity (Wildman–Crippen MR) is 89.6 cm³/mol. The number of benzene rings is 1. The highest BCUT2D eigenvalue weighted by molar-refractivity contribution is 5.83. The van der Waals surface area contributed by atoms with Crippen molar-refractivity contribution in [1.82, 2.24) is 14.7 Å². The first-order valence-corrected chi connectivity index (χ1v) is 7.71. The molecule has 7 heteroatoms. The van der Waals surface area contributed by atoms with Gasteiger partial charge in [-0.2, -0.15) is 5.10 Å². The van der Waals surface area contributed by atoms with E-state index in [0.717, 1.165) is 5.39 Å². The van der Waals surface area contributed by atoms with Crippen LogP contribution in [0.4, 0.5) is 0 Å². The van der Waals surface area contributed by atoms with Crippen LogP contribution >= 0.6 is 0 Å². The lowest BCUT2D eigenvalue weighted by Gasteiger charge is -2.17. The number of nitrogens with zero attached hydrogens (tertiary/aromatic N) is 3. The molecule has 128 valence electrons. The molecule has 7 nitrogen and oxygen atoms in total. The molecule has 0 atom stereocenters. The molecule has 0 saturated heterocycles. The van der Waals surface area contributed by atoms with Crippen LogP contribution in [0.2, 0.25) is 0 Å². The van der Waals surface area contributed by atoms with Gasteiger partial charge in [0.1, 0.15) is 6.54 Å². The molecule has 0 aliphatic heterocycles. The molecular weight excluding hydrogens is 310 g/mol. The lowest BCUT2D eigenvalue weighted by molar-refractivity contribution is -0.141. The number of carbonyl (C=O) groups is 2. The zero-order valence-electron chi connectivity index (χ0n) is 14.1. The maximum absolute atomic E-state index is 12.4. The third-order valence-electron chi connectivity index (χ3n) is 3.87.